The zero-order valence-corrected chi connectivity index (χ0v) is 13.0. The number of benzene rings is 1. The van der Waals surface area contributed by atoms with Crippen molar-refractivity contribution in [2.75, 3.05) is 19.7 Å². The summed E-state index contributed by atoms with van der Waals surface area (Å²) in [6.07, 6.45) is 6.02. The van der Waals surface area contributed by atoms with Crippen LogP contribution in [0, 0.1) is 0 Å². The number of amides is 1. The number of rotatable bonds is 10. The average Bonchev–Trinajstić information content (AvgIpc) is 2.51. The van der Waals surface area contributed by atoms with Crippen LogP contribution in [0.25, 0.3) is 0 Å². The molecule has 0 radical (unpaired) electrons. The summed E-state index contributed by atoms with van der Waals surface area (Å²) in [5.41, 5.74) is 0. The summed E-state index contributed by atoms with van der Waals surface area (Å²) in [4.78, 5) is 13.9. The van der Waals surface area contributed by atoms with Crippen LogP contribution in [0.3, 0.4) is 0 Å². The molecule has 118 valence electrons. The number of ether oxygens (including phenoxy) is 1. The van der Waals surface area contributed by atoms with Gasteiger partial charge in [0.25, 0.3) is 0 Å². The van der Waals surface area contributed by atoms with E-state index in [4.69, 9.17) is 9.84 Å². The maximum atomic E-state index is 12.2. The second-order valence-electron chi connectivity index (χ2n) is 5.16. The van der Waals surface area contributed by atoms with Crippen LogP contribution < -0.4 is 4.74 Å². The minimum absolute atomic E-state index is 0.0882. The number of carbonyl (C=O) groups is 1. The third-order valence-corrected chi connectivity index (χ3v) is 3.32. The van der Waals surface area contributed by atoms with E-state index < -0.39 is 0 Å². The first-order valence-electron chi connectivity index (χ1n) is 7.90. The Kier molecular flexibility index (Phi) is 9.29. The summed E-state index contributed by atoms with van der Waals surface area (Å²) < 4.78 is 5.36. The van der Waals surface area contributed by atoms with Gasteiger partial charge in [-0.05, 0) is 25.0 Å². The largest absolute Gasteiger partial charge is 0.415 e. The first-order chi connectivity index (χ1) is 10.3. The fourth-order valence-corrected chi connectivity index (χ4v) is 2.12. The average molecular weight is 293 g/mol. The molecule has 0 atom stereocenters. The van der Waals surface area contributed by atoms with Crippen LogP contribution in [0.5, 0.6) is 5.75 Å². The minimum atomic E-state index is -0.329. The van der Waals surface area contributed by atoms with Gasteiger partial charge in [0.05, 0.1) is 0 Å². The molecule has 0 fully saturated rings. The number of aliphatic hydroxyl groups is 1. The van der Waals surface area contributed by atoms with Crippen molar-refractivity contribution in [2.24, 2.45) is 0 Å². The Balaban J connectivity index is 2.41. The predicted octanol–water partition coefficient (Wildman–Crippen LogP) is 3.84. The van der Waals surface area contributed by atoms with E-state index in [1.165, 1.54) is 19.3 Å². The lowest BCUT2D eigenvalue weighted by molar-refractivity contribution is 0.146. The monoisotopic (exact) mass is 293 g/mol. The highest BCUT2D eigenvalue weighted by Crippen LogP contribution is 2.11. The minimum Gasteiger partial charge on any atom is -0.410 e. The summed E-state index contributed by atoms with van der Waals surface area (Å²) in [7, 11) is 0. The quantitative estimate of drug-likeness (QED) is 0.667. The molecule has 0 aromatic heterocycles. The van der Waals surface area contributed by atoms with Crippen LogP contribution in [-0.4, -0.2) is 35.8 Å². The van der Waals surface area contributed by atoms with Gasteiger partial charge in [-0.3, -0.25) is 0 Å². The van der Waals surface area contributed by atoms with Gasteiger partial charge in [-0.15, -0.1) is 0 Å². The van der Waals surface area contributed by atoms with E-state index in [0.717, 1.165) is 12.8 Å². The Morgan fingerprint density at radius 1 is 1.05 bits per heavy atom. The van der Waals surface area contributed by atoms with Crippen LogP contribution in [-0.2, 0) is 0 Å². The maximum Gasteiger partial charge on any atom is 0.415 e. The van der Waals surface area contributed by atoms with Crippen molar-refractivity contribution in [1.82, 2.24) is 4.90 Å². The number of nitrogens with zero attached hydrogens (tertiary/aromatic N) is 1. The first-order valence-corrected chi connectivity index (χ1v) is 7.90. The molecule has 0 unspecified atom stereocenters. The molecule has 0 spiro atoms. The van der Waals surface area contributed by atoms with E-state index in [-0.39, 0.29) is 12.7 Å². The second kappa shape index (κ2) is 11.1. The van der Waals surface area contributed by atoms with Gasteiger partial charge in [0, 0.05) is 19.7 Å². The molecule has 1 amide bonds. The zero-order valence-electron chi connectivity index (χ0n) is 13.0. The van der Waals surface area contributed by atoms with Gasteiger partial charge in [0.1, 0.15) is 5.75 Å². The van der Waals surface area contributed by atoms with Gasteiger partial charge in [-0.25, -0.2) is 4.79 Å². The van der Waals surface area contributed by atoms with Gasteiger partial charge in [-0.2, -0.15) is 0 Å². The van der Waals surface area contributed by atoms with Crippen LogP contribution in [0.4, 0.5) is 4.79 Å². The fourth-order valence-electron chi connectivity index (χ4n) is 2.12. The molecule has 1 aromatic rings. The SMILES string of the molecule is CCCCCCCN(CCCO)C(=O)Oc1ccccc1. The molecule has 4 heteroatoms. The third-order valence-electron chi connectivity index (χ3n) is 3.32. The van der Waals surface area contributed by atoms with E-state index >= 15 is 0 Å². The molecule has 0 bridgehead atoms. The molecular formula is C17H27NO3. The highest BCUT2D eigenvalue weighted by atomic mass is 16.6. The van der Waals surface area contributed by atoms with Crippen LogP contribution in [0.2, 0.25) is 0 Å². The van der Waals surface area contributed by atoms with Crippen molar-refractivity contribution < 1.29 is 14.6 Å². The number of aliphatic hydroxyl groups excluding tert-OH is 1. The molecular weight excluding hydrogens is 266 g/mol. The van der Waals surface area contributed by atoms with Crippen molar-refractivity contribution in [3.05, 3.63) is 30.3 Å². The van der Waals surface area contributed by atoms with Gasteiger partial charge in [0.2, 0.25) is 0 Å². The standard InChI is InChI=1S/C17H27NO3/c1-2-3-4-5-9-13-18(14-10-15-19)17(20)21-16-11-7-6-8-12-16/h6-8,11-12,19H,2-5,9-10,13-15H2,1H3. The summed E-state index contributed by atoms with van der Waals surface area (Å²) in [5, 5.41) is 8.95. The van der Waals surface area contributed by atoms with Crippen LogP contribution >= 0.6 is 0 Å². The molecule has 0 aliphatic heterocycles. The van der Waals surface area contributed by atoms with Crippen LogP contribution in [0.15, 0.2) is 30.3 Å². The van der Waals surface area contributed by atoms with Crippen molar-refractivity contribution in [3.8, 4) is 5.75 Å². The molecule has 1 aromatic carbocycles. The molecule has 0 saturated heterocycles. The van der Waals surface area contributed by atoms with E-state index in [2.05, 4.69) is 6.92 Å². The Morgan fingerprint density at radius 2 is 1.71 bits per heavy atom. The smallest absolute Gasteiger partial charge is 0.410 e. The Labute approximate surface area is 127 Å². The molecule has 0 heterocycles. The Hall–Kier alpha value is -1.55. The van der Waals surface area contributed by atoms with Gasteiger partial charge >= 0.3 is 6.09 Å². The van der Waals surface area contributed by atoms with E-state index in [1.807, 2.05) is 18.2 Å². The number of hydrogen-bond donors (Lipinski definition) is 1. The lowest BCUT2D eigenvalue weighted by atomic mass is 10.1. The van der Waals surface area contributed by atoms with Crippen molar-refractivity contribution in [3.63, 3.8) is 0 Å². The van der Waals surface area contributed by atoms with E-state index in [9.17, 15) is 4.79 Å². The summed E-state index contributed by atoms with van der Waals surface area (Å²) in [5.74, 6) is 0.558. The highest BCUT2D eigenvalue weighted by molar-refractivity contribution is 5.70. The first kappa shape index (κ1) is 17.5. The molecule has 21 heavy (non-hydrogen) atoms. The highest BCUT2D eigenvalue weighted by Gasteiger charge is 2.14. The summed E-state index contributed by atoms with van der Waals surface area (Å²) in [6.45, 7) is 3.50. The number of unbranched alkanes of at least 4 members (excludes halogenated alkanes) is 4. The molecule has 4 nitrogen and oxygen atoms in total. The van der Waals surface area contributed by atoms with E-state index in [0.29, 0.717) is 25.3 Å². The molecule has 0 aliphatic carbocycles. The Bertz CT molecular complexity index is 381. The number of carbonyl (C=O) groups excluding carboxylic acids is 1. The lowest BCUT2D eigenvalue weighted by Crippen LogP contribution is -2.35. The molecule has 0 aliphatic rings. The van der Waals surface area contributed by atoms with Gasteiger partial charge in [0.15, 0.2) is 0 Å². The normalized spacial score (nSPS) is 10.4. The number of para-hydroxylation sites is 1. The molecule has 1 N–H and O–H groups in total. The molecule has 1 rings (SSSR count). The molecule has 0 saturated carbocycles. The van der Waals surface area contributed by atoms with Crippen molar-refractivity contribution >= 4 is 6.09 Å². The van der Waals surface area contributed by atoms with Crippen LogP contribution in [0.1, 0.15) is 45.4 Å². The van der Waals surface area contributed by atoms with Gasteiger partial charge < -0.3 is 14.7 Å². The zero-order chi connectivity index (χ0) is 15.3. The fraction of sp³-hybridized carbons (Fsp3) is 0.588. The third kappa shape index (κ3) is 7.71. The van der Waals surface area contributed by atoms with Crippen molar-refractivity contribution in [2.45, 2.75) is 45.4 Å². The maximum absolute atomic E-state index is 12.2. The predicted molar refractivity (Wildman–Crippen MR) is 84.5 cm³/mol. The summed E-state index contributed by atoms with van der Waals surface area (Å²) in [6, 6.07) is 9.10. The van der Waals surface area contributed by atoms with E-state index in [1.54, 1.807) is 17.0 Å². The van der Waals surface area contributed by atoms with Gasteiger partial charge in [-0.1, -0.05) is 50.8 Å². The topological polar surface area (TPSA) is 49.8 Å². The number of hydrogen-bond acceptors (Lipinski definition) is 3. The second-order valence-corrected chi connectivity index (χ2v) is 5.16. The summed E-state index contributed by atoms with van der Waals surface area (Å²) >= 11 is 0. The van der Waals surface area contributed by atoms with Crippen molar-refractivity contribution in [1.29, 1.82) is 0 Å². The lowest BCUT2D eigenvalue weighted by Gasteiger charge is -2.21. The Morgan fingerprint density at radius 3 is 2.38 bits per heavy atom.